The molecular weight excluding hydrogens is 284 g/mol. The average molecular weight is 300 g/mol. The fourth-order valence-corrected chi connectivity index (χ4v) is 2.06. The van der Waals surface area contributed by atoms with E-state index in [0.717, 1.165) is 0 Å². The highest BCUT2D eigenvalue weighted by atomic mass is 32.2. The van der Waals surface area contributed by atoms with Crippen molar-refractivity contribution in [3.8, 4) is 0 Å². The predicted molar refractivity (Wildman–Crippen MR) is 71.1 cm³/mol. The van der Waals surface area contributed by atoms with Crippen molar-refractivity contribution in [2.24, 2.45) is 5.92 Å². The summed E-state index contributed by atoms with van der Waals surface area (Å²) in [4.78, 5) is 24.4. The Labute approximate surface area is 117 Å². The van der Waals surface area contributed by atoms with Gasteiger partial charge in [-0.3, -0.25) is 10.2 Å². The Bertz CT molecular complexity index is 593. The van der Waals surface area contributed by atoms with Gasteiger partial charge in [-0.15, -0.1) is 4.83 Å². The number of sulfonamides is 1. The largest absolute Gasteiger partial charge is 0.465 e. The lowest BCUT2D eigenvalue weighted by Crippen LogP contribution is -2.43. The molecule has 0 saturated carbocycles. The van der Waals surface area contributed by atoms with Gasteiger partial charge in [0, 0.05) is 5.92 Å². The maximum Gasteiger partial charge on any atom is 0.337 e. The van der Waals surface area contributed by atoms with Gasteiger partial charge in [0.2, 0.25) is 5.91 Å². The molecule has 7 nitrogen and oxygen atoms in total. The lowest BCUT2D eigenvalue weighted by atomic mass is 10.2. The van der Waals surface area contributed by atoms with Gasteiger partial charge in [0.15, 0.2) is 0 Å². The van der Waals surface area contributed by atoms with E-state index in [0.29, 0.717) is 0 Å². The summed E-state index contributed by atoms with van der Waals surface area (Å²) < 4.78 is 28.2. The van der Waals surface area contributed by atoms with Crippen LogP contribution in [-0.4, -0.2) is 27.4 Å². The lowest BCUT2D eigenvalue weighted by Gasteiger charge is -2.10. The molecule has 0 saturated heterocycles. The van der Waals surface area contributed by atoms with Crippen LogP contribution in [0.5, 0.6) is 0 Å². The van der Waals surface area contributed by atoms with Crippen molar-refractivity contribution in [3.05, 3.63) is 29.8 Å². The van der Waals surface area contributed by atoms with Crippen LogP contribution in [0.4, 0.5) is 0 Å². The van der Waals surface area contributed by atoms with E-state index < -0.39 is 21.9 Å². The van der Waals surface area contributed by atoms with E-state index in [9.17, 15) is 18.0 Å². The molecule has 0 aromatic heterocycles. The van der Waals surface area contributed by atoms with Gasteiger partial charge in [0.05, 0.1) is 17.6 Å². The lowest BCUT2D eigenvalue weighted by molar-refractivity contribution is -0.124. The van der Waals surface area contributed by atoms with Crippen molar-refractivity contribution < 1.29 is 22.7 Å². The van der Waals surface area contributed by atoms with Crippen LogP contribution in [0.15, 0.2) is 29.2 Å². The Morgan fingerprint density at radius 3 is 2.15 bits per heavy atom. The molecule has 0 aliphatic carbocycles. The number of amides is 1. The van der Waals surface area contributed by atoms with Crippen molar-refractivity contribution in [3.63, 3.8) is 0 Å². The SMILES string of the molecule is COC(=O)c1ccc(S(=O)(=O)NNC(=O)C(C)C)cc1. The first-order valence-electron chi connectivity index (χ1n) is 5.78. The van der Waals surface area contributed by atoms with Crippen molar-refractivity contribution >= 4 is 21.9 Å². The molecule has 0 bridgehead atoms. The average Bonchev–Trinajstić information content (AvgIpc) is 2.44. The van der Waals surface area contributed by atoms with Gasteiger partial charge in [-0.05, 0) is 24.3 Å². The second-order valence-corrected chi connectivity index (χ2v) is 5.95. The Morgan fingerprint density at radius 2 is 1.70 bits per heavy atom. The molecule has 0 unspecified atom stereocenters. The molecular formula is C12H16N2O5S. The van der Waals surface area contributed by atoms with Crippen LogP contribution in [0.3, 0.4) is 0 Å². The summed E-state index contributed by atoms with van der Waals surface area (Å²) in [5, 5.41) is 0. The van der Waals surface area contributed by atoms with Gasteiger partial charge < -0.3 is 4.74 Å². The molecule has 0 spiro atoms. The first-order chi connectivity index (χ1) is 9.27. The molecule has 1 amide bonds. The van der Waals surface area contributed by atoms with Crippen LogP contribution >= 0.6 is 0 Å². The number of hydrazine groups is 1. The van der Waals surface area contributed by atoms with Crippen LogP contribution in [0.25, 0.3) is 0 Å². The van der Waals surface area contributed by atoms with Gasteiger partial charge in [-0.1, -0.05) is 13.8 Å². The summed E-state index contributed by atoms with van der Waals surface area (Å²) in [6.45, 7) is 3.27. The minimum absolute atomic E-state index is 0.0748. The highest BCUT2D eigenvalue weighted by molar-refractivity contribution is 7.89. The van der Waals surface area contributed by atoms with Crippen molar-refractivity contribution in [1.82, 2.24) is 10.3 Å². The van der Waals surface area contributed by atoms with E-state index in [1.54, 1.807) is 13.8 Å². The summed E-state index contributed by atoms with van der Waals surface area (Å²) in [7, 11) is -2.64. The third-order valence-corrected chi connectivity index (χ3v) is 3.68. The highest BCUT2D eigenvalue weighted by Crippen LogP contribution is 2.10. The quantitative estimate of drug-likeness (QED) is 0.607. The number of carbonyl (C=O) groups excluding carboxylic acids is 2. The first-order valence-corrected chi connectivity index (χ1v) is 7.26. The van der Waals surface area contributed by atoms with Crippen LogP contribution in [-0.2, 0) is 19.6 Å². The Kier molecular flexibility index (Phi) is 5.23. The standard InChI is InChI=1S/C12H16N2O5S/c1-8(2)11(15)13-14-20(17,18)10-6-4-9(5-7-10)12(16)19-3/h4-8,14H,1-3H3,(H,13,15). The molecule has 0 heterocycles. The zero-order valence-electron chi connectivity index (χ0n) is 11.3. The third-order valence-electron chi connectivity index (χ3n) is 2.42. The van der Waals surface area contributed by atoms with E-state index in [4.69, 9.17) is 0 Å². The fourth-order valence-electron chi connectivity index (χ4n) is 1.21. The molecule has 1 aromatic rings. The van der Waals surface area contributed by atoms with Crippen molar-refractivity contribution in [2.45, 2.75) is 18.7 Å². The van der Waals surface area contributed by atoms with Crippen molar-refractivity contribution in [2.75, 3.05) is 7.11 Å². The minimum Gasteiger partial charge on any atom is -0.465 e. The molecule has 2 N–H and O–H groups in total. The van der Waals surface area contributed by atoms with E-state index in [1.807, 2.05) is 4.83 Å². The van der Waals surface area contributed by atoms with E-state index in [1.165, 1.54) is 31.4 Å². The van der Waals surface area contributed by atoms with Crippen LogP contribution in [0.2, 0.25) is 0 Å². The van der Waals surface area contributed by atoms with Gasteiger partial charge in [0.25, 0.3) is 10.0 Å². The topological polar surface area (TPSA) is 102 Å². The second-order valence-electron chi connectivity index (χ2n) is 4.27. The summed E-state index contributed by atoms with van der Waals surface area (Å²) >= 11 is 0. The summed E-state index contributed by atoms with van der Waals surface area (Å²) in [6, 6.07) is 5.14. The zero-order chi connectivity index (χ0) is 15.3. The van der Waals surface area contributed by atoms with E-state index in [2.05, 4.69) is 10.2 Å². The number of hydrogen-bond acceptors (Lipinski definition) is 5. The molecule has 20 heavy (non-hydrogen) atoms. The molecule has 1 aromatic carbocycles. The molecule has 110 valence electrons. The van der Waals surface area contributed by atoms with Crippen molar-refractivity contribution in [1.29, 1.82) is 0 Å². The monoisotopic (exact) mass is 300 g/mol. The first kappa shape index (κ1) is 16.1. The maximum absolute atomic E-state index is 11.9. The number of hydrogen-bond donors (Lipinski definition) is 2. The second kappa shape index (κ2) is 6.49. The molecule has 8 heteroatoms. The number of methoxy groups -OCH3 is 1. The van der Waals surface area contributed by atoms with Gasteiger partial charge in [-0.2, -0.15) is 0 Å². The summed E-state index contributed by atoms with van der Waals surface area (Å²) in [5.41, 5.74) is 2.33. The molecule has 0 fully saturated rings. The highest BCUT2D eigenvalue weighted by Gasteiger charge is 2.17. The molecule has 0 aliphatic rings. The Hall–Kier alpha value is -1.93. The minimum atomic E-state index is -3.87. The van der Waals surface area contributed by atoms with Gasteiger partial charge >= 0.3 is 5.97 Å². The number of ether oxygens (including phenoxy) is 1. The number of esters is 1. The van der Waals surface area contributed by atoms with Gasteiger partial charge in [-0.25, -0.2) is 13.2 Å². The van der Waals surface area contributed by atoms with Crippen LogP contribution < -0.4 is 10.3 Å². The Morgan fingerprint density at radius 1 is 1.15 bits per heavy atom. The molecule has 0 radical (unpaired) electrons. The molecule has 0 atom stereocenters. The number of rotatable bonds is 5. The Balaban J connectivity index is 2.83. The number of benzene rings is 1. The normalized spacial score (nSPS) is 11.2. The summed E-state index contributed by atoms with van der Waals surface area (Å²) in [6.07, 6.45) is 0. The number of nitrogens with one attached hydrogen (secondary N) is 2. The van der Waals surface area contributed by atoms with E-state index >= 15 is 0 Å². The number of carbonyl (C=O) groups is 2. The van der Waals surface area contributed by atoms with Crippen LogP contribution in [0, 0.1) is 5.92 Å². The van der Waals surface area contributed by atoms with Gasteiger partial charge in [0.1, 0.15) is 0 Å². The summed E-state index contributed by atoms with van der Waals surface area (Å²) in [5.74, 6) is -1.35. The van der Waals surface area contributed by atoms with Crippen LogP contribution in [0.1, 0.15) is 24.2 Å². The maximum atomic E-state index is 11.9. The third kappa shape index (κ3) is 4.04. The molecule has 0 aliphatic heterocycles. The smallest absolute Gasteiger partial charge is 0.337 e. The fraction of sp³-hybridized carbons (Fsp3) is 0.333. The zero-order valence-corrected chi connectivity index (χ0v) is 12.2. The predicted octanol–water partition coefficient (Wildman–Crippen LogP) is 0.439. The molecule has 1 rings (SSSR count). The van der Waals surface area contributed by atoms with E-state index in [-0.39, 0.29) is 16.4 Å².